The second kappa shape index (κ2) is 28.6. The zero-order valence-corrected chi connectivity index (χ0v) is 39.2. The summed E-state index contributed by atoms with van der Waals surface area (Å²) in [6, 6.07) is 6.67. The molecular formula is C46H69N9O12. The molecule has 8 amide bonds. The van der Waals surface area contributed by atoms with E-state index in [0.29, 0.717) is 5.56 Å². The van der Waals surface area contributed by atoms with E-state index in [1.165, 1.54) is 6.92 Å². The molecule has 2 aromatic rings. The Balaban J connectivity index is 2.12. The molecule has 0 aliphatic heterocycles. The molecule has 0 bridgehead atoms. The molecular weight excluding hydrogens is 871 g/mol. The number of aliphatic carboxylic acids is 1. The second-order valence-electron chi connectivity index (χ2n) is 17.4. The highest BCUT2D eigenvalue weighted by molar-refractivity contribution is 5.98. The van der Waals surface area contributed by atoms with E-state index in [4.69, 9.17) is 5.73 Å². The largest absolute Gasteiger partial charge is 0.480 e. The molecule has 370 valence electrons. The van der Waals surface area contributed by atoms with E-state index in [-0.39, 0.29) is 44.1 Å². The summed E-state index contributed by atoms with van der Waals surface area (Å²) >= 11 is 0. The van der Waals surface area contributed by atoms with Crippen molar-refractivity contribution in [1.82, 2.24) is 42.5 Å². The summed E-state index contributed by atoms with van der Waals surface area (Å²) in [4.78, 5) is 118. The van der Waals surface area contributed by atoms with Gasteiger partial charge in [-0.1, -0.05) is 102 Å². The molecule has 21 heteroatoms. The number of carbonyl (C=O) groups is 9. The van der Waals surface area contributed by atoms with Gasteiger partial charge >= 0.3 is 5.97 Å². The van der Waals surface area contributed by atoms with Crippen LogP contribution in [-0.4, -0.2) is 137 Å². The van der Waals surface area contributed by atoms with Crippen molar-refractivity contribution in [3.63, 3.8) is 0 Å². The first-order valence-electron chi connectivity index (χ1n) is 22.2. The van der Waals surface area contributed by atoms with Crippen molar-refractivity contribution in [2.45, 2.75) is 122 Å². The molecule has 0 aliphatic rings. The Bertz CT molecular complexity index is 1970. The Kier molecular flexibility index (Phi) is 24.2. The van der Waals surface area contributed by atoms with E-state index in [2.05, 4.69) is 42.5 Å². The Morgan fingerprint density at radius 2 is 0.836 bits per heavy atom. The van der Waals surface area contributed by atoms with E-state index in [0.717, 1.165) is 5.56 Å². The fraction of sp³-hybridized carbons (Fsp3) is 0.543. The number of aliphatic hydroxyl groups excluding tert-OH is 2. The van der Waals surface area contributed by atoms with Gasteiger partial charge in [0, 0.05) is 12.8 Å². The standard InChI is InChI=1S/C46H69N9O12/c1-25(2)18-31(50-41(61)33(49-37(58)22-47)20-29-14-10-8-11-15-29)40(60)54-35(23-56)43(63)48-28(7)39(59)53-36(24-57)44(64)51-32(19-26(3)4)42(62)55-38(27(5)6)45(65)52-34(46(66)67)21-30-16-12-9-13-17-30/h8-17,25-28,31-36,38,56-57H,18-24,47H2,1-7H3,(H,48,63)(H,49,58)(H,50,61)(H,51,64)(H,52,65)(H,53,59)(H,54,60)(H,55,62)(H,66,67)/t28-,31-,32-,33-,34-,35-,36-,38-/m0/s1. The maximum absolute atomic E-state index is 13.7. The monoisotopic (exact) mass is 940 g/mol. The van der Waals surface area contributed by atoms with E-state index >= 15 is 0 Å². The normalized spacial score (nSPS) is 14.8. The molecule has 0 fully saturated rings. The topological polar surface area (TPSA) is 337 Å². The minimum atomic E-state index is -1.64. The Morgan fingerprint density at radius 3 is 1.25 bits per heavy atom. The molecule has 0 saturated carbocycles. The molecule has 21 nitrogen and oxygen atoms in total. The molecule has 8 atom stereocenters. The van der Waals surface area contributed by atoms with Gasteiger partial charge < -0.3 is 63.6 Å². The Hall–Kier alpha value is -6.45. The molecule has 2 aromatic carbocycles. The lowest BCUT2D eigenvalue weighted by Crippen LogP contribution is -2.61. The maximum atomic E-state index is 13.7. The lowest BCUT2D eigenvalue weighted by atomic mass is 9.99. The molecule has 0 heterocycles. The summed E-state index contributed by atoms with van der Waals surface area (Å²) in [7, 11) is 0. The van der Waals surface area contributed by atoms with E-state index in [1.807, 2.05) is 0 Å². The van der Waals surface area contributed by atoms with Crippen molar-refractivity contribution < 1.29 is 58.5 Å². The van der Waals surface area contributed by atoms with Gasteiger partial charge in [-0.2, -0.15) is 0 Å². The minimum absolute atomic E-state index is 0.0154. The van der Waals surface area contributed by atoms with Crippen LogP contribution in [0.15, 0.2) is 60.7 Å². The molecule has 13 N–H and O–H groups in total. The number of benzene rings is 2. The summed E-state index contributed by atoms with van der Waals surface area (Å²) < 4.78 is 0. The van der Waals surface area contributed by atoms with Gasteiger partial charge in [0.05, 0.1) is 19.8 Å². The van der Waals surface area contributed by atoms with Gasteiger partial charge in [0.2, 0.25) is 47.3 Å². The molecule has 0 radical (unpaired) electrons. The van der Waals surface area contributed by atoms with Crippen LogP contribution in [0.1, 0.15) is 72.4 Å². The highest BCUT2D eigenvalue weighted by Crippen LogP contribution is 2.12. The molecule has 0 aliphatic carbocycles. The highest BCUT2D eigenvalue weighted by Gasteiger charge is 2.35. The predicted octanol–water partition coefficient (Wildman–Crippen LogP) is -1.85. The van der Waals surface area contributed by atoms with Crippen LogP contribution in [0.5, 0.6) is 0 Å². The van der Waals surface area contributed by atoms with Gasteiger partial charge in [0.15, 0.2) is 0 Å². The molecule has 0 spiro atoms. The summed E-state index contributed by atoms with van der Waals surface area (Å²) in [6.07, 6.45) is 0.219. The number of carboxylic acids is 1. The third-order valence-electron chi connectivity index (χ3n) is 10.3. The van der Waals surface area contributed by atoms with Gasteiger partial charge in [0.25, 0.3) is 0 Å². The SMILES string of the molecule is CC(C)C[C@H](NC(=O)[C@H](Cc1ccccc1)NC(=O)CN)C(=O)N[C@@H](CO)C(=O)N[C@@H](C)C(=O)N[C@@H](CO)C(=O)N[C@@H](CC(C)C)C(=O)N[C@H](C(=O)N[C@@H](Cc1ccccc1)C(=O)O)C(C)C. The van der Waals surface area contributed by atoms with Crippen LogP contribution >= 0.6 is 0 Å². The molecule has 2 rings (SSSR count). The van der Waals surface area contributed by atoms with Crippen LogP contribution in [0.3, 0.4) is 0 Å². The van der Waals surface area contributed by atoms with Gasteiger partial charge in [0.1, 0.15) is 48.3 Å². The van der Waals surface area contributed by atoms with Crippen LogP contribution < -0.4 is 48.3 Å². The summed E-state index contributed by atoms with van der Waals surface area (Å²) in [5, 5.41) is 49.8. The van der Waals surface area contributed by atoms with Crippen molar-refractivity contribution in [2.75, 3.05) is 19.8 Å². The number of amides is 8. The quantitative estimate of drug-likeness (QED) is 0.0446. The summed E-state index contributed by atoms with van der Waals surface area (Å²) in [5.74, 6) is -8.79. The zero-order chi connectivity index (χ0) is 50.4. The van der Waals surface area contributed by atoms with Crippen molar-refractivity contribution in [3.8, 4) is 0 Å². The average Bonchev–Trinajstić information content (AvgIpc) is 3.27. The maximum Gasteiger partial charge on any atom is 0.326 e. The highest BCUT2D eigenvalue weighted by atomic mass is 16.4. The number of hydrogen-bond acceptors (Lipinski definition) is 12. The molecule has 0 aromatic heterocycles. The van der Waals surface area contributed by atoms with Gasteiger partial charge in [-0.3, -0.25) is 38.4 Å². The number of carbonyl (C=O) groups excluding carboxylic acids is 8. The average molecular weight is 940 g/mol. The number of rotatable bonds is 28. The first-order chi connectivity index (χ1) is 31.6. The number of hydrogen-bond donors (Lipinski definition) is 12. The lowest BCUT2D eigenvalue weighted by Gasteiger charge is -2.28. The Labute approximate surface area is 390 Å². The van der Waals surface area contributed by atoms with Crippen LogP contribution in [0, 0.1) is 17.8 Å². The molecule has 0 unspecified atom stereocenters. The third-order valence-corrected chi connectivity index (χ3v) is 10.3. The van der Waals surface area contributed by atoms with Crippen molar-refractivity contribution in [1.29, 1.82) is 0 Å². The number of carboxylic acid groups (broad SMARTS) is 1. The number of nitrogens with one attached hydrogen (secondary N) is 8. The first kappa shape index (κ1) is 56.7. The Morgan fingerprint density at radius 1 is 0.463 bits per heavy atom. The van der Waals surface area contributed by atoms with Crippen molar-refractivity contribution >= 4 is 53.2 Å². The second-order valence-corrected chi connectivity index (χ2v) is 17.4. The van der Waals surface area contributed by atoms with Crippen LogP contribution in [0.25, 0.3) is 0 Å². The van der Waals surface area contributed by atoms with Crippen LogP contribution in [0.2, 0.25) is 0 Å². The van der Waals surface area contributed by atoms with Crippen LogP contribution in [0.4, 0.5) is 0 Å². The third kappa shape index (κ3) is 19.9. The number of nitrogens with two attached hydrogens (primary N) is 1. The van der Waals surface area contributed by atoms with E-state index < -0.39 is 121 Å². The fourth-order valence-corrected chi connectivity index (χ4v) is 6.70. The van der Waals surface area contributed by atoms with Crippen molar-refractivity contribution in [2.24, 2.45) is 23.5 Å². The summed E-state index contributed by atoms with van der Waals surface area (Å²) in [5.41, 5.74) is 6.85. The first-order valence-corrected chi connectivity index (χ1v) is 22.2. The van der Waals surface area contributed by atoms with Gasteiger partial charge in [-0.05, 0) is 48.6 Å². The zero-order valence-electron chi connectivity index (χ0n) is 39.2. The predicted molar refractivity (Wildman–Crippen MR) is 246 cm³/mol. The minimum Gasteiger partial charge on any atom is -0.480 e. The van der Waals surface area contributed by atoms with Crippen molar-refractivity contribution in [3.05, 3.63) is 71.8 Å². The van der Waals surface area contributed by atoms with Gasteiger partial charge in [-0.25, -0.2) is 4.79 Å². The number of aliphatic hydroxyl groups is 2. The smallest absolute Gasteiger partial charge is 0.326 e. The van der Waals surface area contributed by atoms with Gasteiger partial charge in [-0.15, -0.1) is 0 Å². The molecule has 67 heavy (non-hydrogen) atoms. The van der Waals surface area contributed by atoms with E-state index in [9.17, 15) is 58.5 Å². The summed E-state index contributed by atoms with van der Waals surface area (Å²) in [6.45, 7) is 9.39. The lowest BCUT2D eigenvalue weighted by molar-refractivity contribution is -0.142. The fourth-order valence-electron chi connectivity index (χ4n) is 6.70. The molecule has 0 saturated heterocycles. The van der Waals surface area contributed by atoms with E-state index in [1.54, 1.807) is 102 Å². The van der Waals surface area contributed by atoms with Crippen LogP contribution in [-0.2, 0) is 56.0 Å².